The molecule has 0 spiro atoms. The molecule has 0 bridgehead atoms. The summed E-state index contributed by atoms with van der Waals surface area (Å²) in [6.07, 6.45) is 0. The van der Waals surface area contributed by atoms with E-state index in [-0.39, 0.29) is 5.91 Å². The van der Waals surface area contributed by atoms with E-state index in [2.05, 4.69) is 10.4 Å². The lowest BCUT2D eigenvalue weighted by Crippen LogP contribution is -2.13. The van der Waals surface area contributed by atoms with Gasteiger partial charge < -0.3 is 5.32 Å². The predicted octanol–water partition coefficient (Wildman–Crippen LogP) is 5.30. The maximum atomic E-state index is 12.8. The molecule has 5 heteroatoms. The number of nitrogens with one attached hydrogen (secondary N) is 1. The van der Waals surface area contributed by atoms with Crippen molar-refractivity contribution in [2.75, 3.05) is 5.32 Å². The fourth-order valence-electron chi connectivity index (χ4n) is 3.13. The van der Waals surface area contributed by atoms with Gasteiger partial charge in [-0.2, -0.15) is 5.10 Å². The van der Waals surface area contributed by atoms with Crippen molar-refractivity contribution in [3.63, 3.8) is 0 Å². The fourth-order valence-corrected chi connectivity index (χ4v) is 3.45. The SMILES string of the molecule is Cc1nn(Cc2ccccc2)c(Cl)c1C(=O)Nc1ccc2ccccc2c1. The van der Waals surface area contributed by atoms with E-state index in [1.165, 1.54) is 0 Å². The molecule has 134 valence electrons. The summed E-state index contributed by atoms with van der Waals surface area (Å²) in [6, 6.07) is 23.7. The molecule has 4 nitrogen and oxygen atoms in total. The second-order valence-corrected chi connectivity index (χ2v) is 6.77. The lowest BCUT2D eigenvalue weighted by atomic mass is 10.1. The maximum absolute atomic E-state index is 12.8. The van der Waals surface area contributed by atoms with Crippen LogP contribution in [0, 0.1) is 6.92 Å². The van der Waals surface area contributed by atoms with Crippen LogP contribution < -0.4 is 5.32 Å². The van der Waals surface area contributed by atoms with Crippen molar-refractivity contribution in [2.24, 2.45) is 0 Å². The molecule has 0 unspecified atom stereocenters. The summed E-state index contributed by atoms with van der Waals surface area (Å²) in [7, 11) is 0. The number of carbonyl (C=O) groups excluding carboxylic acids is 1. The smallest absolute Gasteiger partial charge is 0.260 e. The number of hydrogen-bond donors (Lipinski definition) is 1. The Labute approximate surface area is 162 Å². The molecule has 0 aliphatic carbocycles. The minimum atomic E-state index is -0.257. The highest BCUT2D eigenvalue weighted by Gasteiger charge is 2.20. The van der Waals surface area contributed by atoms with Gasteiger partial charge in [-0.15, -0.1) is 0 Å². The number of aromatic nitrogens is 2. The number of hydrogen-bond acceptors (Lipinski definition) is 2. The number of amides is 1. The maximum Gasteiger partial charge on any atom is 0.260 e. The number of rotatable bonds is 4. The highest BCUT2D eigenvalue weighted by atomic mass is 35.5. The van der Waals surface area contributed by atoms with Gasteiger partial charge in [0.2, 0.25) is 0 Å². The Balaban J connectivity index is 1.59. The molecule has 0 fully saturated rings. The van der Waals surface area contributed by atoms with E-state index in [9.17, 15) is 4.79 Å². The van der Waals surface area contributed by atoms with Gasteiger partial charge in [0.25, 0.3) is 5.91 Å². The third-order valence-corrected chi connectivity index (χ3v) is 4.86. The highest BCUT2D eigenvalue weighted by molar-refractivity contribution is 6.33. The van der Waals surface area contributed by atoms with E-state index in [0.717, 1.165) is 22.0 Å². The monoisotopic (exact) mass is 375 g/mol. The molecule has 0 atom stereocenters. The predicted molar refractivity (Wildman–Crippen MR) is 109 cm³/mol. The van der Waals surface area contributed by atoms with Crippen LogP contribution in [0.25, 0.3) is 10.8 Å². The van der Waals surface area contributed by atoms with Crippen molar-refractivity contribution in [2.45, 2.75) is 13.5 Å². The Bertz CT molecular complexity index is 1120. The zero-order valence-electron chi connectivity index (χ0n) is 14.8. The molecule has 0 aliphatic rings. The molecule has 4 rings (SSSR count). The number of benzene rings is 3. The van der Waals surface area contributed by atoms with E-state index >= 15 is 0 Å². The van der Waals surface area contributed by atoms with Crippen molar-refractivity contribution < 1.29 is 4.79 Å². The number of anilines is 1. The molecule has 4 aromatic rings. The van der Waals surface area contributed by atoms with Crippen LogP contribution in [0.4, 0.5) is 5.69 Å². The van der Waals surface area contributed by atoms with Crippen LogP contribution in [-0.4, -0.2) is 15.7 Å². The standard InChI is InChI=1S/C22H18ClN3O/c1-15-20(21(23)26(25-15)14-16-7-3-2-4-8-16)22(27)24-19-12-11-17-9-5-6-10-18(17)13-19/h2-13H,14H2,1H3,(H,24,27). The molecule has 1 amide bonds. The largest absolute Gasteiger partial charge is 0.322 e. The Hall–Kier alpha value is -3.11. The Kier molecular flexibility index (Phi) is 4.65. The van der Waals surface area contributed by atoms with Gasteiger partial charge in [0.05, 0.1) is 17.8 Å². The van der Waals surface area contributed by atoms with E-state index in [4.69, 9.17) is 11.6 Å². The van der Waals surface area contributed by atoms with Gasteiger partial charge in [0.1, 0.15) is 5.15 Å². The summed E-state index contributed by atoms with van der Waals surface area (Å²) < 4.78 is 1.65. The zero-order valence-corrected chi connectivity index (χ0v) is 15.6. The van der Waals surface area contributed by atoms with Crippen LogP contribution >= 0.6 is 11.6 Å². The average Bonchev–Trinajstić information content (AvgIpc) is 2.95. The normalized spacial score (nSPS) is 10.9. The summed E-state index contributed by atoms with van der Waals surface area (Å²) in [4.78, 5) is 12.8. The van der Waals surface area contributed by atoms with Crippen LogP contribution in [-0.2, 0) is 6.54 Å². The number of fused-ring (bicyclic) bond motifs is 1. The average molecular weight is 376 g/mol. The first kappa shape index (κ1) is 17.3. The molecule has 1 heterocycles. The summed E-state index contributed by atoms with van der Waals surface area (Å²) in [5.74, 6) is -0.257. The fraction of sp³-hybridized carbons (Fsp3) is 0.0909. The Morgan fingerprint density at radius 2 is 1.70 bits per heavy atom. The van der Waals surface area contributed by atoms with Crippen LogP contribution in [0.5, 0.6) is 0 Å². The lowest BCUT2D eigenvalue weighted by molar-refractivity contribution is 0.102. The van der Waals surface area contributed by atoms with Crippen molar-refractivity contribution in [1.82, 2.24) is 9.78 Å². The molecule has 27 heavy (non-hydrogen) atoms. The van der Waals surface area contributed by atoms with Crippen LogP contribution in [0.15, 0.2) is 72.8 Å². The second-order valence-electron chi connectivity index (χ2n) is 6.41. The van der Waals surface area contributed by atoms with Gasteiger partial charge in [0.15, 0.2) is 0 Å². The number of aryl methyl sites for hydroxylation is 1. The van der Waals surface area contributed by atoms with Crippen LogP contribution in [0.2, 0.25) is 5.15 Å². The summed E-state index contributed by atoms with van der Waals surface area (Å²) >= 11 is 6.48. The van der Waals surface area contributed by atoms with Crippen molar-refractivity contribution >= 4 is 34.0 Å². The van der Waals surface area contributed by atoms with Crippen LogP contribution in [0.3, 0.4) is 0 Å². The molecular weight excluding hydrogens is 358 g/mol. The van der Waals surface area contributed by atoms with Gasteiger partial charge >= 0.3 is 0 Å². The van der Waals surface area contributed by atoms with Crippen molar-refractivity contribution in [1.29, 1.82) is 0 Å². The van der Waals surface area contributed by atoms with Gasteiger partial charge in [-0.3, -0.25) is 4.79 Å². The first-order chi connectivity index (χ1) is 13.1. The van der Waals surface area contributed by atoms with Gasteiger partial charge in [-0.25, -0.2) is 4.68 Å². The molecule has 1 aromatic heterocycles. The van der Waals surface area contributed by atoms with Gasteiger partial charge in [0, 0.05) is 5.69 Å². The van der Waals surface area contributed by atoms with Crippen LogP contribution in [0.1, 0.15) is 21.6 Å². The van der Waals surface area contributed by atoms with E-state index in [1.807, 2.05) is 72.8 Å². The zero-order chi connectivity index (χ0) is 18.8. The Morgan fingerprint density at radius 1 is 1.00 bits per heavy atom. The molecule has 0 aliphatic heterocycles. The molecular formula is C22H18ClN3O. The first-order valence-corrected chi connectivity index (χ1v) is 9.06. The Morgan fingerprint density at radius 3 is 2.48 bits per heavy atom. The molecule has 0 radical (unpaired) electrons. The molecule has 0 saturated carbocycles. The minimum Gasteiger partial charge on any atom is -0.322 e. The summed E-state index contributed by atoms with van der Waals surface area (Å²) in [5.41, 5.74) is 2.81. The minimum absolute atomic E-state index is 0.257. The number of carbonyl (C=O) groups is 1. The molecule has 1 N–H and O–H groups in total. The second kappa shape index (κ2) is 7.25. The highest BCUT2D eigenvalue weighted by Crippen LogP contribution is 2.24. The third-order valence-electron chi connectivity index (χ3n) is 4.47. The molecule has 3 aromatic carbocycles. The number of nitrogens with zero attached hydrogens (tertiary/aromatic N) is 2. The van der Waals surface area contributed by atoms with Gasteiger partial charge in [-0.1, -0.05) is 72.3 Å². The molecule has 0 saturated heterocycles. The topological polar surface area (TPSA) is 46.9 Å². The van der Waals surface area contributed by atoms with Gasteiger partial charge in [-0.05, 0) is 35.4 Å². The number of halogens is 1. The quantitative estimate of drug-likeness (QED) is 0.526. The third kappa shape index (κ3) is 3.57. The van der Waals surface area contributed by atoms with Crippen molar-refractivity contribution in [3.8, 4) is 0 Å². The lowest BCUT2D eigenvalue weighted by Gasteiger charge is -2.07. The summed E-state index contributed by atoms with van der Waals surface area (Å²) in [6.45, 7) is 2.31. The van der Waals surface area contributed by atoms with E-state index < -0.39 is 0 Å². The van der Waals surface area contributed by atoms with Crippen molar-refractivity contribution in [3.05, 3.63) is 94.8 Å². The first-order valence-electron chi connectivity index (χ1n) is 8.69. The van der Waals surface area contributed by atoms with E-state index in [1.54, 1.807) is 11.6 Å². The summed E-state index contributed by atoms with van der Waals surface area (Å²) in [5, 5.41) is 9.91. The van der Waals surface area contributed by atoms with E-state index in [0.29, 0.717) is 23.0 Å².